The van der Waals surface area contributed by atoms with Gasteiger partial charge in [0, 0.05) is 18.7 Å². The first-order chi connectivity index (χ1) is 10.5. The molecule has 1 saturated heterocycles. The van der Waals surface area contributed by atoms with E-state index in [2.05, 4.69) is 10.5 Å². The Hall–Kier alpha value is -3.39. The summed E-state index contributed by atoms with van der Waals surface area (Å²) >= 11 is 0. The highest BCUT2D eigenvalue weighted by Gasteiger charge is 2.34. The quantitative estimate of drug-likeness (QED) is 0.628. The summed E-state index contributed by atoms with van der Waals surface area (Å²) in [6.45, 7) is 0.145. The van der Waals surface area contributed by atoms with Gasteiger partial charge in [0.2, 0.25) is 11.6 Å². The summed E-state index contributed by atoms with van der Waals surface area (Å²) in [7, 11) is 0. The largest absolute Gasteiger partial charge is 0.481 e. The molecule has 0 saturated carbocycles. The molecule has 8 heteroatoms. The van der Waals surface area contributed by atoms with Gasteiger partial charge < -0.3 is 10.0 Å². The normalized spacial score (nSPS) is 16.5. The van der Waals surface area contributed by atoms with Gasteiger partial charge in [0.25, 0.3) is 0 Å². The maximum absolute atomic E-state index is 11.8. The molecule has 1 heterocycles. The fourth-order valence-electron chi connectivity index (χ4n) is 2.03. The molecule has 1 atom stereocenters. The van der Waals surface area contributed by atoms with Crippen LogP contribution in [0.5, 0.6) is 0 Å². The molecule has 1 amide bonds. The van der Waals surface area contributed by atoms with E-state index in [0.29, 0.717) is 11.4 Å². The number of carbonyl (C=O) groups excluding carboxylic acids is 1. The van der Waals surface area contributed by atoms with Crippen molar-refractivity contribution in [3.63, 3.8) is 0 Å². The Kier molecular flexibility index (Phi) is 4.35. The lowest BCUT2D eigenvalue weighted by molar-refractivity contribution is -0.141. The highest BCUT2D eigenvalue weighted by molar-refractivity contribution is 6.10. The van der Waals surface area contributed by atoms with Crippen LogP contribution in [-0.4, -0.2) is 29.2 Å². The zero-order chi connectivity index (χ0) is 16.1. The minimum absolute atomic E-state index is 0.00662. The molecule has 0 spiro atoms. The lowest BCUT2D eigenvalue weighted by Gasteiger charge is -2.16. The molecule has 1 aromatic carbocycles. The fourth-order valence-corrected chi connectivity index (χ4v) is 2.03. The number of hydrogen-bond donors (Lipinski definition) is 2. The number of rotatable bonds is 4. The van der Waals surface area contributed by atoms with E-state index in [9.17, 15) is 9.59 Å². The second kappa shape index (κ2) is 6.37. The van der Waals surface area contributed by atoms with Crippen LogP contribution in [0.1, 0.15) is 6.42 Å². The van der Waals surface area contributed by atoms with Crippen LogP contribution in [0.2, 0.25) is 0 Å². The number of amides is 1. The molecular weight excluding hydrogens is 286 g/mol. The Morgan fingerprint density at radius 3 is 2.45 bits per heavy atom. The van der Waals surface area contributed by atoms with E-state index in [4.69, 9.17) is 15.6 Å². The number of aliphatic carboxylic acids is 1. The van der Waals surface area contributed by atoms with Gasteiger partial charge in [-0.3, -0.25) is 15.0 Å². The van der Waals surface area contributed by atoms with Crippen molar-refractivity contribution in [2.45, 2.75) is 6.42 Å². The summed E-state index contributed by atoms with van der Waals surface area (Å²) in [5.74, 6) is -1.91. The predicted octanol–water partition coefficient (Wildman–Crippen LogP) is 0.939. The van der Waals surface area contributed by atoms with Gasteiger partial charge in [0.1, 0.15) is 12.1 Å². The summed E-state index contributed by atoms with van der Waals surface area (Å²) in [5, 5.41) is 29.7. The maximum Gasteiger partial charge on any atom is 0.308 e. The van der Waals surface area contributed by atoms with E-state index in [1.54, 1.807) is 36.4 Å². The lowest BCUT2D eigenvalue weighted by atomic mass is 10.1. The van der Waals surface area contributed by atoms with Crippen LogP contribution in [0.4, 0.5) is 11.4 Å². The average Bonchev–Trinajstić information content (AvgIpc) is 2.91. The van der Waals surface area contributed by atoms with Gasteiger partial charge in [-0.1, -0.05) is 0 Å². The first-order valence-electron chi connectivity index (χ1n) is 6.32. The van der Waals surface area contributed by atoms with Gasteiger partial charge in [-0.15, -0.1) is 0 Å². The summed E-state index contributed by atoms with van der Waals surface area (Å²) in [5.41, 5.74) is 3.37. The van der Waals surface area contributed by atoms with E-state index in [0.717, 1.165) is 0 Å². The molecule has 22 heavy (non-hydrogen) atoms. The number of carboxylic acids is 1. The van der Waals surface area contributed by atoms with E-state index in [1.165, 1.54) is 4.90 Å². The molecule has 1 aliphatic heterocycles. The molecule has 0 radical (unpaired) electrons. The average molecular weight is 297 g/mol. The number of carbonyl (C=O) groups is 2. The van der Waals surface area contributed by atoms with Gasteiger partial charge in [-0.2, -0.15) is 15.6 Å². The zero-order valence-corrected chi connectivity index (χ0v) is 11.4. The molecule has 8 nitrogen and oxygen atoms in total. The van der Waals surface area contributed by atoms with E-state index < -0.39 is 11.9 Å². The molecular formula is C14H11N5O3. The number of anilines is 2. The summed E-state index contributed by atoms with van der Waals surface area (Å²) in [6.07, 6.45) is -0.00662. The van der Waals surface area contributed by atoms with Gasteiger partial charge in [0.15, 0.2) is 0 Å². The predicted molar refractivity (Wildman–Crippen MR) is 76.8 cm³/mol. The molecule has 0 bridgehead atoms. The zero-order valence-electron chi connectivity index (χ0n) is 11.4. The summed E-state index contributed by atoms with van der Waals surface area (Å²) in [6, 6.07) is 9.74. The standard InChI is InChI=1S/C14H11N5O3/c15-6-11(7-16)18-17-10-1-3-12(4-2-10)19-8-9(14(21)22)5-13(19)20/h1-4,9,17H,5,8H2,(H,21,22). The van der Waals surface area contributed by atoms with Gasteiger partial charge in [0.05, 0.1) is 11.6 Å². The molecule has 110 valence electrons. The Balaban J connectivity index is 2.09. The molecule has 1 aromatic rings. The number of nitriles is 2. The third-order valence-corrected chi connectivity index (χ3v) is 3.16. The van der Waals surface area contributed by atoms with E-state index >= 15 is 0 Å². The smallest absolute Gasteiger partial charge is 0.308 e. The van der Waals surface area contributed by atoms with Crippen LogP contribution < -0.4 is 10.3 Å². The third-order valence-electron chi connectivity index (χ3n) is 3.16. The van der Waals surface area contributed by atoms with Crippen LogP contribution in [0, 0.1) is 28.6 Å². The Morgan fingerprint density at radius 1 is 1.32 bits per heavy atom. The van der Waals surface area contributed by atoms with Crippen molar-refractivity contribution in [1.29, 1.82) is 10.5 Å². The van der Waals surface area contributed by atoms with Crippen molar-refractivity contribution >= 4 is 29.0 Å². The van der Waals surface area contributed by atoms with E-state index in [-0.39, 0.29) is 24.6 Å². The number of nitrogens with zero attached hydrogens (tertiary/aromatic N) is 4. The number of carboxylic acid groups (broad SMARTS) is 1. The number of nitrogens with one attached hydrogen (secondary N) is 1. The van der Waals surface area contributed by atoms with Gasteiger partial charge >= 0.3 is 5.97 Å². The van der Waals surface area contributed by atoms with Crippen molar-refractivity contribution in [3.8, 4) is 12.1 Å². The number of benzene rings is 1. The lowest BCUT2D eigenvalue weighted by Crippen LogP contribution is -2.25. The van der Waals surface area contributed by atoms with Crippen molar-refractivity contribution in [3.05, 3.63) is 24.3 Å². The Morgan fingerprint density at radius 2 is 1.95 bits per heavy atom. The molecule has 1 unspecified atom stereocenters. The number of hydrazone groups is 1. The topological polar surface area (TPSA) is 130 Å². The van der Waals surface area contributed by atoms with Crippen molar-refractivity contribution in [1.82, 2.24) is 0 Å². The van der Waals surface area contributed by atoms with Crippen LogP contribution in [0.25, 0.3) is 0 Å². The first-order valence-corrected chi connectivity index (χ1v) is 6.32. The van der Waals surface area contributed by atoms with Crippen molar-refractivity contribution in [2.75, 3.05) is 16.9 Å². The Bertz CT molecular complexity index is 695. The molecule has 1 fully saturated rings. The van der Waals surface area contributed by atoms with Crippen LogP contribution in [0.15, 0.2) is 29.4 Å². The second-order valence-electron chi connectivity index (χ2n) is 4.59. The number of hydrogen-bond acceptors (Lipinski definition) is 6. The Labute approximate surface area is 125 Å². The van der Waals surface area contributed by atoms with Gasteiger partial charge in [-0.05, 0) is 24.3 Å². The van der Waals surface area contributed by atoms with Crippen molar-refractivity contribution in [2.24, 2.45) is 11.0 Å². The minimum atomic E-state index is -0.982. The van der Waals surface area contributed by atoms with Crippen LogP contribution in [0.3, 0.4) is 0 Å². The van der Waals surface area contributed by atoms with Crippen LogP contribution in [-0.2, 0) is 9.59 Å². The molecule has 2 rings (SSSR count). The summed E-state index contributed by atoms with van der Waals surface area (Å²) < 4.78 is 0. The highest BCUT2D eigenvalue weighted by Crippen LogP contribution is 2.26. The molecule has 2 N–H and O–H groups in total. The third kappa shape index (κ3) is 3.19. The second-order valence-corrected chi connectivity index (χ2v) is 4.59. The first kappa shape index (κ1) is 15.0. The maximum atomic E-state index is 11.8. The minimum Gasteiger partial charge on any atom is -0.481 e. The summed E-state index contributed by atoms with van der Waals surface area (Å²) in [4.78, 5) is 24.2. The van der Waals surface area contributed by atoms with E-state index in [1.807, 2.05) is 0 Å². The molecule has 0 aromatic heterocycles. The van der Waals surface area contributed by atoms with Crippen LogP contribution >= 0.6 is 0 Å². The molecule has 0 aliphatic carbocycles. The molecule has 1 aliphatic rings. The fraction of sp³-hybridized carbons (Fsp3) is 0.214. The van der Waals surface area contributed by atoms with Gasteiger partial charge in [-0.25, -0.2) is 0 Å². The SMILES string of the molecule is N#CC(C#N)=NNc1ccc(N2CC(C(=O)O)CC2=O)cc1. The monoisotopic (exact) mass is 297 g/mol. The highest BCUT2D eigenvalue weighted by atomic mass is 16.4. The van der Waals surface area contributed by atoms with Crippen molar-refractivity contribution < 1.29 is 14.7 Å².